The fourth-order valence-electron chi connectivity index (χ4n) is 1.59. The van der Waals surface area contributed by atoms with Gasteiger partial charge in [-0.15, -0.1) is 0 Å². The molecule has 0 fully saturated rings. The molecule has 0 saturated carbocycles. The van der Waals surface area contributed by atoms with Gasteiger partial charge in [-0.25, -0.2) is 12.8 Å². The largest absolute Gasteiger partial charge is 0.279 e. The topological polar surface area (TPSA) is 46.2 Å². The van der Waals surface area contributed by atoms with Crippen LogP contribution in [0.3, 0.4) is 0 Å². The van der Waals surface area contributed by atoms with Crippen molar-refractivity contribution in [3.63, 3.8) is 0 Å². The molecule has 0 aromatic heterocycles. The van der Waals surface area contributed by atoms with Gasteiger partial charge in [0.25, 0.3) is 10.0 Å². The van der Waals surface area contributed by atoms with Crippen molar-refractivity contribution < 1.29 is 12.8 Å². The summed E-state index contributed by atoms with van der Waals surface area (Å²) in [6.07, 6.45) is 0. The molecule has 0 atom stereocenters. The predicted octanol–water partition coefficient (Wildman–Crippen LogP) is 4.46. The number of hydrogen-bond acceptors (Lipinski definition) is 2. The van der Waals surface area contributed by atoms with Gasteiger partial charge in [-0.1, -0.05) is 22.0 Å². The average molecular weight is 423 g/mol. The van der Waals surface area contributed by atoms with Crippen molar-refractivity contribution in [2.75, 3.05) is 4.72 Å². The Bertz CT molecular complexity index is 763. The van der Waals surface area contributed by atoms with Crippen molar-refractivity contribution in [1.29, 1.82) is 0 Å². The number of benzene rings is 2. The summed E-state index contributed by atoms with van der Waals surface area (Å²) in [7, 11) is -3.71. The number of sulfonamides is 1. The van der Waals surface area contributed by atoms with Crippen molar-refractivity contribution in [2.24, 2.45) is 0 Å². The van der Waals surface area contributed by atoms with E-state index in [1.54, 1.807) is 19.1 Å². The molecular formula is C13H10Br2FNO2S. The van der Waals surface area contributed by atoms with Gasteiger partial charge < -0.3 is 0 Å². The molecule has 0 heterocycles. The van der Waals surface area contributed by atoms with Crippen LogP contribution >= 0.6 is 31.9 Å². The summed E-state index contributed by atoms with van der Waals surface area (Å²) in [5.74, 6) is -0.437. The van der Waals surface area contributed by atoms with E-state index in [9.17, 15) is 12.8 Å². The van der Waals surface area contributed by atoms with Gasteiger partial charge in [0.15, 0.2) is 0 Å². The summed E-state index contributed by atoms with van der Waals surface area (Å²) in [5.41, 5.74) is 0.836. The van der Waals surface area contributed by atoms with E-state index in [4.69, 9.17) is 0 Å². The Balaban J connectivity index is 2.41. The normalized spacial score (nSPS) is 11.4. The standard InChI is InChI=1S/C13H10Br2FNO2S/c1-8-5-12(16)11(15)7-13(8)17-20(18,19)10-4-2-3-9(14)6-10/h2-7,17H,1H3. The Morgan fingerprint density at radius 3 is 2.50 bits per heavy atom. The van der Waals surface area contributed by atoms with Gasteiger partial charge >= 0.3 is 0 Å². The fraction of sp³-hybridized carbons (Fsp3) is 0.0769. The first-order valence-electron chi connectivity index (χ1n) is 5.53. The van der Waals surface area contributed by atoms with E-state index in [-0.39, 0.29) is 9.37 Å². The second-order valence-corrected chi connectivity index (χ2v) is 7.60. The van der Waals surface area contributed by atoms with Crippen LogP contribution in [0.4, 0.5) is 10.1 Å². The third-order valence-corrected chi connectivity index (χ3v) is 5.08. The third kappa shape index (κ3) is 3.39. The number of halogens is 3. The molecule has 3 nitrogen and oxygen atoms in total. The van der Waals surface area contributed by atoms with Gasteiger partial charge in [-0.2, -0.15) is 0 Å². The quantitative estimate of drug-likeness (QED) is 0.793. The maximum Gasteiger partial charge on any atom is 0.261 e. The highest BCUT2D eigenvalue weighted by Crippen LogP contribution is 2.27. The van der Waals surface area contributed by atoms with Crippen LogP contribution in [-0.2, 0) is 10.0 Å². The number of nitrogens with one attached hydrogen (secondary N) is 1. The second kappa shape index (κ2) is 5.83. The van der Waals surface area contributed by atoms with Crippen molar-refractivity contribution >= 4 is 47.6 Å². The maximum atomic E-state index is 13.3. The molecular weight excluding hydrogens is 413 g/mol. The smallest absolute Gasteiger partial charge is 0.261 e. The zero-order valence-corrected chi connectivity index (χ0v) is 14.3. The first-order chi connectivity index (χ1) is 9.29. The third-order valence-electron chi connectivity index (χ3n) is 2.62. The lowest BCUT2D eigenvalue weighted by Gasteiger charge is -2.11. The molecule has 0 unspecified atom stereocenters. The van der Waals surface area contributed by atoms with Gasteiger partial charge in [-0.05, 0) is 58.7 Å². The monoisotopic (exact) mass is 421 g/mol. The predicted molar refractivity (Wildman–Crippen MR) is 83.8 cm³/mol. The van der Waals surface area contributed by atoms with E-state index in [0.29, 0.717) is 15.7 Å². The highest BCUT2D eigenvalue weighted by molar-refractivity contribution is 9.10. The van der Waals surface area contributed by atoms with Crippen LogP contribution < -0.4 is 4.72 Å². The Morgan fingerprint density at radius 2 is 1.85 bits per heavy atom. The van der Waals surface area contributed by atoms with Gasteiger partial charge in [0, 0.05) is 4.47 Å². The Labute approximate surface area is 133 Å². The lowest BCUT2D eigenvalue weighted by Crippen LogP contribution is -2.14. The van der Waals surface area contributed by atoms with Gasteiger partial charge in [0.2, 0.25) is 0 Å². The van der Waals surface area contributed by atoms with Crippen molar-refractivity contribution in [1.82, 2.24) is 0 Å². The first kappa shape index (κ1) is 15.5. The number of hydrogen-bond donors (Lipinski definition) is 1. The zero-order valence-electron chi connectivity index (χ0n) is 10.3. The maximum absolute atomic E-state index is 13.3. The minimum atomic E-state index is -3.71. The molecule has 0 amide bonds. The minimum Gasteiger partial charge on any atom is -0.279 e. The Kier molecular flexibility index (Phi) is 4.51. The molecule has 0 bridgehead atoms. The second-order valence-electron chi connectivity index (χ2n) is 4.14. The zero-order chi connectivity index (χ0) is 14.9. The van der Waals surface area contributed by atoms with Gasteiger partial charge in [0.05, 0.1) is 15.1 Å². The summed E-state index contributed by atoms with van der Waals surface area (Å²) < 4.78 is 41.2. The highest BCUT2D eigenvalue weighted by atomic mass is 79.9. The van der Waals surface area contributed by atoms with Crippen LogP contribution in [0.1, 0.15) is 5.56 Å². The van der Waals surface area contributed by atoms with E-state index in [0.717, 1.165) is 0 Å². The van der Waals surface area contributed by atoms with Crippen LogP contribution in [0.25, 0.3) is 0 Å². The lowest BCUT2D eigenvalue weighted by atomic mass is 10.2. The van der Waals surface area contributed by atoms with Crippen molar-refractivity contribution in [3.05, 3.63) is 56.7 Å². The molecule has 7 heteroatoms. The molecule has 2 aromatic carbocycles. The molecule has 2 rings (SSSR count). The molecule has 0 aliphatic rings. The van der Waals surface area contributed by atoms with E-state index < -0.39 is 15.8 Å². The van der Waals surface area contributed by atoms with E-state index in [1.807, 2.05) is 0 Å². The van der Waals surface area contributed by atoms with Gasteiger partial charge in [0.1, 0.15) is 5.82 Å². The summed E-state index contributed by atoms with van der Waals surface area (Å²) in [6.45, 7) is 1.63. The van der Waals surface area contributed by atoms with Crippen molar-refractivity contribution in [2.45, 2.75) is 11.8 Å². The molecule has 1 N–H and O–H groups in total. The minimum absolute atomic E-state index is 0.131. The van der Waals surface area contributed by atoms with E-state index >= 15 is 0 Å². The average Bonchev–Trinajstić information content (AvgIpc) is 2.36. The van der Waals surface area contributed by atoms with Crippen LogP contribution in [0.2, 0.25) is 0 Å². The molecule has 0 radical (unpaired) electrons. The van der Waals surface area contributed by atoms with Crippen LogP contribution in [0.15, 0.2) is 50.2 Å². The Hall–Kier alpha value is -0.920. The number of anilines is 1. The highest BCUT2D eigenvalue weighted by Gasteiger charge is 2.16. The summed E-state index contributed by atoms with van der Waals surface area (Å²) in [4.78, 5) is 0.131. The van der Waals surface area contributed by atoms with E-state index in [1.165, 1.54) is 24.3 Å². The van der Waals surface area contributed by atoms with Crippen LogP contribution in [0, 0.1) is 12.7 Å². The summed E-state index contributed by atoms with van der Waals surface area (Å²) >= 11 is 6.26. The fourth-order valence-corrected chi connectivity index (χ4v) is 3.66. The summed E-state index contributed by atoms with van der Waals surface area (Å²) in [5, 5.41) is 0. The van der Waals surface area contributed by atoms with E-state index in [2.05, 4.69) is 36.6 Å². The van der Waals surface area contributed by atoms with Gasteiger partial charge in [-0.3, -0.25) is 4.72 Å². The molecule has 0 aliphatic carbocycles. The molecule has 0 saturated heterocycles. The molecule has 20 heavy (non-hydrogen) atoms. The number of rotatable bonds is 3. The first-order valence-corrected chi connectivity index (χ1v) is 8.60. The van der Waals surface area contributed by atoms with Crippen LogP contribution in [0.5, 0.6) is 0 Å². The van der Waals surface area contributed by atoms with Crippen LogP contribution in [-0.4, -0.2) is 8.42 Å². The Morgan fingerprint density at radius 1 is 1.15 bits per heavy atom. The SMILES string of the molecule is Cc1cc(F)c(Br)cc1NS(=O)(=O)c1cccc(Br)c1. The molecule has 0 aliphatic heterocycles. The number of aryl methyl sites for hydroxylation is 1. The van der Waals surface area contributed by atoms with Crippen molar-refractivity contribution in [3.8, 4) is 0 Å². The summed E-state index contributed by atoms with van der Waals surface area (Å²) in [6, 6.07) is 9.02. The molecule has 0 spiro atoms. The lowest BCUT2D eigenvalue weighted by molar-refractivity contribution is 0.600. The molecule has 2 aromatic rings. The molecule has 106 valence electrons.